The standard InChI is InChI=1S/C19H21N3/c1-2-12-10-21-19-18(12)9-16(11-22-19)14-5-3-4-13(6-14)15-7-17(20)8-15/h3-6,9-11,15,17H,2,7-8,20H2,1H3,(H,21,22). The smallest absolute Gasteiger partial charge is 0.137 e. The molecular formula is C19H21N3. The number of rotatable bonds is 3. The average Bonchev–Trinajstić information content (AvgIpc) is 2.94. The Balaban J connectivity index is 1.73. The van der Waals surface area contributed by atoms with Gasteiger partial charge in [0.15, 0.2) is 0 Å². The molecule has 0 amide bonds. The molecule has 3 N–H and O–H groups in total. The molecule has 0 saturated heterocycles. The number of hydrogen-bond acceptors (Lipinski definition) is 2. The van der Waals surface area contributed by atoms with Crippen LogP contribution in [0.2, 0.25) is 0 Å². The second kappa shape index (κ2) is 5.25. The van der Waals surface area contributed by atoms with Gasteiger partial charge in [-0.05, 0) is 47.9 Å². The lowest BCUT2D eigenvalue weighted by Gasteiger charge is -2.33. The van der Waals surface area contributed by atoms with Gasteiger partial charge in [0.05, 0.1) is 0 Å². The monoisotopic (exact) mass is 291 g/mol. The van der Waals surface area contributed by atoms with E-state index in [4.69, 9.17) is 5.73 Å². The highest BCUT2D eigenvalue weighted by molar-refractivity contribution is 5.84. The number of aryl methyl sites for hydroxylation is 1. The Morgan fingerprint density at radius 1 is 1.23 bits per heavy atom. The quantitative estimate of drug-likeness (QED) is 0.766. The maximum atomic E-state index is 5.92. The predicted molar refractivity (Wildman–Crippen MR) is 90.9 cm³/mol. The van der Waals surface area contributed by atoms with Gasteiger partial charge in [0.1, 0.15) is 5.65 Å². The predicted octanol–water partition coefficient (Wildman–Crippen LogP) is 4.00. The van der Waals surface area contributed by atoms with E-state index in [1.54, 1.807) is 0 Å². The van der Waals surface area contributed by atoms with Gasteiger partial charge in [-0.15, -0.1) is 0 Å². The van der Waals surface area contributed by atoms with Gasteiger partial charge < -0.3 is 10.7 Å². The van der Waals surface area contributed by atoms with Crippen LogP contribution in [0.1, 0.15) is 36.8 Å². The molecule has 1 fully saturated rings. The summed E-state index contributed by atoms with van der Waals surface area (Å²) in [5.41, 5.74) is 12.1. The average molecular weight is 291 g/mol. The Morgan fingerprint density at radius 3 is 2.86 bits per heavy atom. The van der Waals surface area contributed by atoms with Crippen LogP contribution in [0.15, 0.2) is 42.7 Å². The minimum atomic E-state index is 0.388. The van der Waals surface area contributed by atoms with E-state index >= 15 is 0 Å². The van der Waals surface area contributed by atoms with Crippen molar-refractivity contribution in [1.29, 1.82) is 0 Å². The summed E-state index contributed by atoms with van der Waals surface area (Å²) in [5, 5.41) is 1.23. The maximum absolute atomic E-state index is 5.92. The zero-order chi connectivity index (χ0) is 15.1. The van der Waals surface area contributed by atoms with Gasteiger partial charge in [0, 0.05) is 29.4 Å². The second-order valence-electron chi connectivity index (χ2n) is 6.34. The van der Waals surface area contributed by atoms with Crippen molar-refractivity contribution in [3.63, 3.8) is 0 Å². The summed E-state index contributed by atoms with van der Waals surface area (Å²) in [5.74, 6) is 0.630. The Morgan fingerprint density at radius 2 is 2.09 bits per heavy atom. The van der Waals surface area contributed by atoms with Gasteiger partial charge in [0.2, 0.25) is 0 Å². The van der Waals surface area contributed by atoms with Gasteiger partial charge in [-0.3, -0.25) is 0 Å². The number of H-pyrrole nitrogens is 1. The summed E-state index contributed by atoms with van der Waals surface area (Å²) >= 11 is 0. The SMILES string of the molecule is CCc1c[nH]c2ncc(-c3cccc(C4CC(N)C4)c3)cc12. The fraction of sp³-hybridized carbons (Fsp3) is 0.316. The molecule has 0 atom stereocenters. The molecule has 2 aromatic heterocycles. The van der Waals surface area contributed by atoms with Crippen LogP contribution >= 0.6 is 0 Å². The maximum Gasteiger partial charge on any atom is 0.137 e. The summed E-state index contributed by atoms with van der Waals surface area (Å²) < 4.78 is 0. The molecule has 3 heteroatoms. The Labute approximate surface area is 130 Å². The summed E-state index contributed by atoms with van der Waals surface area (Å²) in [6.07, 6.45) is 7.26. The summed E-state index contributed by atoms with van der Waals surface area (Å²) in [6, 6.07) is 11.5. The van der Waals surface area contributed by atoms with Gasteiger partial charge in [-0.2, -0.15) is 0 Å². The molecule has 3 nitrogen and oxygen atoms in total. The lowest BCUT2D eigenvalue weighted by molar-refractivity contribution is 0.351. The highest BCUT2D eigenvalue weighted by Crippen LogP contribution is 2.37. The molecule has 1 saturated carbocycles. The number of nitrogens with zero attached hydrogens (tertiary/aromatic N) is 1. The van der Waals surface area contributed by atoms with Gasteiger partial charge in [0.25, 0.3) is 0 Å². The van der Waals surface area contributed by atoms with Crippen molar-refractivity contribution >= 4 is 11.0 Å². The molecule has 1 aliphatic rings. The normalized spacial score (nSPS) is 21.0. The minimum absolute atomic E-state index is 0.388. The van der Waals surface area contributed by atoms with Crippen molar-refractivity contribution in [2.75, 3.05) is 0 Å². The molecular weight excluding hydrogens is 270 g/mol. The lowest BCUT2D eigenvalue weighted by atomic mass is 9.76. The van der Waals surface area contributed by atoms with Gasteiger partial charge in [-0.25, -0.2) is 4.98 Å². The first-order valence-corrected chi connectivity index (χ1v) is 8.06. The number of hydrogen-bond donors (Lipinski definition) is 2. The van der Waals surface area contributed by atoms with Gasteiger partial charge >= 0.3 is 0 Å². The summed E-state index contributed by atoms with van der Waals surface area (Å²) in [4.78, 5) is 7.82. The lowest BCUT2D eigenvalue weighted by Crippen LogP contribution is -2.34. The highest BCUT2D eigenvalue weighted by atomic mass is 14.8. The number of fused-ring (bicyclic) bond motifs is 1. The van der Waals surface area contributed by atoms with E-state index in [-0.39, 0.29) is 0 Å². The van der Waals surface area contributed by atoms with Crippen LogP contribution < -0.4 is 5.73 Å². The van der Waals surface area contributed by atoms with Crippen LogP contribution in [0.4, 0.5) is 0 Å². The second-order valence-corrected chi connectivity index (χ2v) is 6.34. The first-order valence-electron chi connectivity index (χ1n) is 8.06. The molecule has 0 aliphatic heterocycles. The van der Waals surface area contributed by atoms with Crippen molar-refractivity contribution in [2.45, 2.75) is 38.1 Å². The van der Waals surface area contributed by atoms with E-state index in [2.05, 4.69) is 53.4 Å². The first kappa shape index (κ1) is 13.5. The zero-order valence-electron chi connectivity index (χ0n) is 12.8. The molecule has 1 aromatic carbocycles. The van der Waals surface area contributed by atoms with E-state index in [1.165, 1.54) is 27.6 Å². The molecule has 0 spiro atoms. The van der Waals surface area contributed by atoms with E-state index in [0.29, 0.717) is 12.0 Å². The van der Waals surface area contributed by atoms with Crippen LogP contribution in [0.25, 0.3) is 22.2 Å². The Bertz CT molecular complexity index is 812. The highest BCUT2D eigenvalue weighted by Gasteiger charge is 2.27. The van der Waals surface area contributed by atoms with Crippen molar-refractivity contribution in [1.82, 2.24) is 9.97 Å². The minimum Gasteiger partial charge on any atom is -0.346 e. The van der Waals surface area contributed by atoms with Crippen LogP contribution in [0, 0.1) is 0 Å². The molecule has 22 heavy (non-hydrogen) atoms. The van der Waals surface area contributed by atoms with Crippen LogP contribution in [0.5, 0.6) is 0 Å². The number of nitrogens with one attached hydrogen (secondary N) is 1. The largest absolute Gasteiger partial charge is 0.346 e. The molecule has 0 bridgehead atoms. The third-order valence-corrected chi connectivity index (χ3v) is 4.86. The summed E-state index contributed by atoms with van der Waals surface area (Å²) in [7, 11) is 0. The molecule has 0 unspecified atom stereocenters. The van der Waals surface area contributed by atoms with Crippen molar-refractivity contribution < 1.29 is 0 Å². The third kappa shape index (κ3) is 2.22. The fourth-order valence-electron chi connectivity index (χ4n) is 3.41. The van der Waals surface area contributed by atoms with E-state index in [9.17, 15) is 0 Å². The topological polar surface area (TPSA) is 54.7 Å². The van der Waals surface area contributed by atoms with Gasteiger partial charge in [-0.1, -0.05) is 31.2 Å². The molecule has 4 rings (SSSR count). The number of nitrogens with two attached hydrogens (primary N) is 1. The van der Waals surface area contributed by atoms with Crippen molar-refractivity contribution in [3.05, 3.63) is 53.9 Å². The molecule has 112 valence electrons. The molecule has 1 aliphatic carbocycles. The van der Waals surface area contributed by atoms with Crippen LogP contribution in [0.3, 0.4) is 0 Å². The molecule has 3 aromatic rings. The Kier molecular flexibility index (Phi) is 3.23. The number of pyridine rings is 1. The van der Waals surface area contributed by atoms with Crippen molar-refractivity contribution in [2.24, 2.45) is 5.73 Å². The fourth-order valence-corrected chi connectivity index (χ4v) is 3.41. The van der Waals surface area contributed by atoms with E-state index in [1.807, 2.05) is 6.20 Å². The summed E-state index contributed by atoms with van der Waals surface area (Å²) in [6.45, 7) is 2.18. The number of aromatic amines is 1. The zero-order valence-corrected chi connectivity index (χ0v) is 12.8. The Hall–Kier alpha value is -2.13. The van der Waals surface area contributed by atoms with Crippen LogP contribution in [-0.4, -0.2) is 16.0 Å². The third-order valence-electron chi connectivity index (χ3n) is 4.86. The van der Waals surface area contributed by atoms with Crippen LogP contribution in [-0.2, 0) is 6.42 Å². The number of benzene rings is 1. The first-order chi connectivity index (χ1) is 10.7. The number of aromatic nitrogens is 2. The van der Waals surface area contributed by atoms with Crippen molar-refractivity contribution in [3.8, 4) is 11.1 Å². The molecule has 0 radical (unpaired) electrons. The van der Waals surface area contributed by atoms with E-state index < -0.39 is 0 Å². The van der Waals surface area contributed by atoms with E-state index in [0.717, 1.165) is 24.9 Å². The molecule has 2 heterocycles.